The molecule has 0 saturated carbocycles. The van der Waals surface area contributed by atoms with E-state index in [-0.39, 0.29) is 5.97 Å². The van der Waals surface area contributed by atoms with Crippen molar-refractivity contribution in [2.75, 3.05) is 0 Å². The Hall–Kier alpha value is -1.31. The van der Waals surface area contributed by atoms with E-state index in [0.717, 1.165) is 5.56 Å². The molecule has 0 aromatic heterocycles. The molecule has 2 heteroatoms. The maximum Gasteiger partial charge on any atom is 0.351 e. The third kappa shape index (κ3) is 1.20. The van der Waals surface area contributed by atoms with E-state index in [0.29, 0.717) is 6.42 Å². The minimum Gasteiger partial charge on any atom is -0.444 e. The topological polar surface area (TPSA) is 29.6 Å². The van der Waals surface area contributed by atoms with Crippen molar-refractivity contribution >= 4 is 5.97 Å². The van der Waals surface area contributed by atoms with Crippen LogP contribution in [-0.4, -0.2) is 11.6 Å². The molecule has 62 valence electrons. The van der Waals surface area contributed by atoms with Gasteiger partial charge >= 0.3 is 5.97 Å². The first-order chi connectivity index (χ1) is 5.71. The second-order valence-corrected chi connectivity index (χ2v) is 3.28. The molecule has 0 amide bonds. The van der Waals surface area contributed by atoms with E-state index in [4.69, 9.17) is 4.74 Å². The minimum atomic E-state index is -0.526. The molecule has 1 aliphatic heterocycles. The fourth-order valence-corrected chi connectivity index (χ4v) is 1.27. The summed E-state index contributed by atoms with van der Waals surface area (Å²) in [5, 5.41) is 0. The van der Waals surface area contributed by atoms with E-state index in [2.05, 4.69) is 0 Å². The number of epoxide rings is 1. The first-order valence-corrected chi connectivity index (χ1v) is 3.98. The van der Waals surface area contributed by atoms with Crippen LogP contribution in [0.4, 0.5) is 0 Å². The van der Waals surface area contributed by atoms with Crippen LogP contribution in [0.25, 0.3) is 0 Å². The van der Waals surface area contributed by atoms with Gasteiger partial charge in [-0.2, -0.15) is 0 Å². The van der Waals surface area contributed by atoms with Crippen molar-refractivity contribution in [2.45, 2.75) is 18.9 Å². The van der Waals surface area contributed by atoms with Gasteiger partial charge in [0.05, 0.1) is 0 Å². The molecule has 1 unspecified atom stereocenters. The number of cyclic esters (lactones) is 1. The standard InChI is InChI=1S/C10H10O2/c1-10(9(11)12-10)7-8-5-3-2-4-6-8/h2-6H,7H2,1H3. The van der Waals surface area contributed by atoms with E-state index in [9.17, 15) is 4.79 Å². The van der Waals surface area contributed by atoms with E-state index in [1.54, 1.807) is 0 Å². The number of carbonyl (C=O) groups is 1. The highest BCUT2D eigenvalue weighted by molar-refractivity contribution is 5.92. The molecular weight excluding hydrogens is 152 g/mol. The third-order valence-corrected chi connectivity index (χ3v) is 2.09. The molecule has 1 atom stereocenters. The van der Waals surface area contributed by atoms with Gasteiger partial charge in [-0.25, -0.2) is 4.79 Å². The summed E-state index contributed by atoms with van der Waals surface area (Å²) >= 11 is 0. The first-order valence-electron chi connectivity index (χ1n) is 3.98. The quantitative estimate of drug-likeness (QED) is 0.617. The first kappa shape index (κ1) is 7.35. The molecule has 1 aromatic rings. The zero-order valence-electron chi connectivity index (χ0n) is 6.91. The van der Waals surface area contributed by atoms with E-state index in [1.807, 2.05) is 37.3 Å². The Bertz CT molecular complexity index is 305. The monoisotopic (exact) mass is 162 g/mol. The van der Waals surface area contributed by atoms with Gasteiger partial charge in [-0.1, -0.05) is 30.3 Å². The zero-order chi connectivity index (χ0) is 8.60. The van der Waals surface area contributed by atoms with Gasteiger partial charge in [0, 0.05) is 6.42 Å². The fraction of sp³-hybridized carbons (Fsp3) is 0.300. The fourth-order valence-electron chi connectivity index (χ4n) is 1.27. The van der Waals surface area contributed by atoms with Gasteiger partial charge in [0.1, 0.15) is 0 Å². The van der Waals surface area contributed by atoms with Crippen LogP contribution in [0.1, 0.15) is 12.5 Å². The van der Waals surface area contributed by atoms with Crippen LogP contribution in [-0.2, 0) is 16.0 Å². The zero-order valence-corrected chi connectivity index (χ0v) is 6.91. The summed E-state index contributed by atoms with van der Waals surface area (Å²) in [4.78, 5) is 10.8. The smallest absolute Gasteiger partial charge is 0.351 e. The predicted octanol–water partition coefficient (Wildman–Crippen LogP) is 1.54. The maximum absolute atomic E-state index is 10.8. The SMILES string of the molecule is CC1(Cc2ccccc2)OC1=O. The molecular formula is C10H10O2. The summed E-state index contributed by atoms with van der Waals surface area (Å²) in [6.45, 7) is 1.82. The highest BCUT2D eigenvalue weighted by atomic mass is 16.7. The predicted molar refractivity (Wildman–Crippen MR) is 44.6 cm³/mol. The largest absolute Gasteiger partial charge is 0.444 e. The Morgan fingerprint density at radius 2 is 1.92 bits per heavy atom. The number of ether oxygens (including phenoxy) is 1. The lowest BCUT2D eigenvalue weighted by Gasteiger charge is -2.00. The summed E-state index contributed by atoms with van der Waals surface area (Å²) < 4.78 is 4.87. The Kier molecular flexibility index (Phi) is 1.43. The van der Waals surface area contributed by atoms with Gasteiger partial charge < -0.3 is 4.74 Å². The van der Waals surface area contributed by atoms with Crippen LogP contribution in [0, 0.1) is 0 Å². The lowest BCUT2D eigenvalue weighted by Crippen LogP contribution is -2.10. The molecule has 0 radical (unpaired) electrons. The van der Waals surface area contributed by atoms with Crippen LogP contribution in [0.15, 0.2) is 30.3 Å². The molecule has 1 aromatic carbocycles. The van der Waals surface area contributed by atoms with Crippen molar-refractivity contribution in [2.24, 2.45) is 0 Å². The second-order valence-electron chi connectivity index (χ2n) is 3.28. The van der Waals surface area contributed by atoms with Crippen LogP contribution >= 0.6 is 0 Å². The third-order valence-electron chi connectivity index (χ3n) is 2.09. The average molecular weight is 162 g/mol. The number of rotatable bonds is 2. The van der Waals surface area contributed by atoms with Gasteiger partial charge in [-0.05, 0) is 12.5 Å². The average Bonchev–Trinajstić information content (AvgIpc) is 2.61. The lowest BCUT2D eigenvalue weighted by atomic mass is 10.0. The molecule has 1 aliphatic rings. The normalized spacial score (nSPS) is 26.6. The van der Waals surface area contributed by atoms with Crippen LogP contribution < -0.4 is 0 Å². The summed E-state index contributed by atoms with van der Waals surface area (Å²) in [5.41, 5.74) is 0.618. The minimum absolute atomic E-state index is 0.0913. The summed E-state index contributed by atoms with van der Waals surface area (Å²) in [7, 11) is 0. The van der Waals surface area contributed by atoms with Gasteiger partial charge in [-0.15, -0.1) is 0 Å². The summed E-state index contributed by atoms with van der Waals surface area (Å²) in [6.07, 6.45) is 0.687. The Balaban J connectivity index is 2.10. The molecule has 0 aliphatic carbocycles. The highest BCUT2D eigenvalue weighted by Crippen LogP contribution is 2.32. The van der Waals surface area contributed by atoms with E-state index in [1.165, 1.54) is 0 Å². The molecule has 1 saturated heterocycles. The summed E-state index contributed by atoms with van der Waals surface area (Å²) in [6, 6.07) is 9.89. The highest BCUT2D eigenvalue weighted by Gasteiger charge is 2.53. The van der Waals surface area contributed by atoms with Crippen LogP contribution in [0.3, 0.4) is 0 Å². The molecule has 0 N–H and O–H groups in total. The maximum atomic E-state index is 10.8. The van der Waals surface area contributed by atoms with Crippen molar-refractivity contribution in [3.8, 4) is 0 Å². The molecule has 0 spiro atoms. The molecule has 0 bridgehead atoms. The molecule has 1 heterocycles. The van der Waals surface area contributed by atoms with E-state index < -0.39 is 5.60 Å². The molecule has 1 fully saturated rings. The molecule has 2 rings (SSSR count). The number of hydrogen-bond acceptors (Lipinski definition) is 2. The van der Waals surface area contributed by atoms with Crippen molar-refractivity contribution < 1.29 is 9.53 Å². The van der Waals surface area contributed by atoms with Crippen molar-refractivity contribution in [1.29, 1.82) is 0 Å². The molecule has 2 nitrogen and oxygen atoms in total. The van der Waals surface area contributed by atoms with Gasteiger partial charge in [0.2, 0.25) is 5.60 Å². The van der Waals surface area contributed by atoms with Gasteiger partial charge in [0.25, 0.3) is 0 Å². The number of carbonyl (C=O) groups excluding carboxylic acids is 1. The van der Waals surface area contributed by atoms with Crippen molar-refractivity contribution in [1.82, 2.24) is 0 Å². The Labute approximate surface area is 71.2 Å². The van der Waals surface area contributed by atoms with Gasteiger partial charge in [-0.3, -0.25) is 0 Å². The van der Waals surface area contributed by atoms with E-state index >= 15 is 0 Å². The summed E-state index contributed by atoms with van der Waals surface area (Å²) in [5.74, 6) is -0.0913. The van der Waals surface area contributed by atoms with Crippen molar-refractivity contribution in [3.05, 3.63) is 35.9 Å². The Morgan fingerprint density at radius 3 is 2.42 bits per heavy atom. The number of benzene rings is 1. The Morgan fingerprint density at radius 1 is 1.33 bits per heavy atom. The molecule has 12 heavy (non-hydrogen) atoms. The second kappa shape index (κ2) is 2.34. The van der Waals surface area contributed by atoms with Crippen molar-refractivity contribution in [3.63, 3.8) is 0 Å². The van der Waals surface area contributed by atoms with Crippen LogP contribution in [0.5, 0.6) is 0 Å². The number of hydrogen-bond donors (Lipinski definition) is 0. The van der Waals surface area contributed by atoms with Crippen LogP contribution in [0.2, 0.25) is 0 Å². The van der Waals surface area contributed by atoms with Gasteiger partial charge in [0.15, 0.2) is 0 Å². The lowest BCUT2D eigenvalue weighted by molar-refractivity contribution is -0.117.